The number of pyridine rings is 2. The van der Waals surface area contributed by atoms with E-state index in [4.69, 9.17) is 5.73 Å². The molecule has 4 heterocycles. The van der Waals surface area contributed by atoms with Crippen LogP contribution >= 0.6 is 0 Å². The van der Waals surface area contributed by atoms with Crippen LogP contribution in [-0.2, 0) is 12.4 Å². The maximum atomic E-state index is 14.0. The van der Waals surface area contributed by atoms with Gasteiger partial charge >= 0.3 is 12.4 Å². The van der Waals surface area contributed by atoms with Crippen LogP contribution in [0.15, 0.2) is 48.9 Å². The SMILES string of the molecule is NC(=O)c1ccc(-n2ncc(C(=O)Nc3ccnc(C(F)(F)F)c3)c2C(F)(F)F)c2ccnn12. The van der Waals surface area contributed by atoms with Crippen LogP contribution < -0.4 is 11.1 Å². The molecule has 0 saturated heterocycles. The second-order valence-corrected chi connectivity index (χ2v) is 6.79. The first-order valence-electron chi connectivity index (χ1n) is 9.14. The first kappa shape index (κ1) is 22.8. The van der Waals surface area contributed by atoms with Gasteiger partial charge in [0.15, 0.2) is 5.69 Å². The van der Waals surface area contributed by atoms with Gasteiger partial charge in [-0.2, -0.15) is 36.5 Å². The van der Waals surface area contributed by atoms with E-state index in [1.807, 2.05) is 5.32 Å². The summed E-state index contributed by atoms with van der Waals surface area (Å²) in [6.07, 6.45) is -7.33. The van der Waals surface area contributed by atoms with Gasteiger partial charge in [-0.3, -0.25) is 14.6 Å². The third kappa shape index (κ3) is 4.02. The van der Waals surface area contributed by atoms with E-state index in [-0.39, 0.29) is 16.9 Å². The lowest BCUT2D eigenvalue weighted by atomic mass is 10.2. The molecular formula is C19H11F6N7O2. The molecule has 0 aliphatic heterocycles. The van der Waals surface area contributed by atoms with Crippen molar-refractivity contribution in [1.82, 2.24) is 24.4 Å². The highest BCUT2D eigenvalue weighted by Gasteiger charge is 2.41. The Bertz CT molecular complexity index is 1420. The molecule has 34 heavy (non-hydrogen) atoms. The molecule has 0 aliphatic carbocycles. The zero-order valence-corrected chi connectivity index (χ0v) is 16.5. The number of nitrogens with zero attached hydrogens (tertiary/aromatic N) is 5. The molecule has 0 unspecified atom stereocenters. The van der Waals surface area contributed by atoms with Crippen molar-refractivity contribution in [2.75, 3.05) is 5.32 Å². The predicted molar refractivity (Wildman–Crippen MR) is 103 cm³/mol. The molecule has 0 bridgehead atoms. The Labute approximate surface area is 184 Å². The zero-order valence-electron chi connectivity index (χ0n) is 16.5. The molecular weight excluding hydrogens is 472 g/mol. The molecule has 0 aliphatic rings. The van der Waals surface area contributed by atoms with Crippen LogP contribution in [0.25, 0.3) is 11.2 Å². The number of hydrogen-bond acceptors (Lipinski definition) is 5. The van der Waals surface area contributed by atoms with E-state index < -0.39 is 46.8 Å². The highest BCUT2D eigenvalue weighted by molar-refractivity contribution is 6.05. The molecule has 0 atom stereocenters. The summed E-state index contributed by atoms with van der Waals surface area (Å²) in [4.78, 5) is 27.3. The lowest BCUT2D eigenvalue weighted by Crippen LogP contribution is -2.22. The van der Waals surface area contributed by atoms with Gasteiger partial charge in [0.25, 0.3) is 11.8 Å². The second-order valence-electron chi connectivity index (χ2n) is 6.79. The first-order chi connectivity index (χ1) is 15.9. The summed E-state index contributed by atoms with van der Waals surface area (Å²) in [5.74, 6) is -2.23. The Morgan fingerprint density at radius 3 is 2.32 bits per heavy atom. The topological polar surface area (TPSA) is 120 Å². The molecule has 0 saturated carbocycles. The molecule has 4 aromatic heterocycles. The fraction of sp³-hybridized carbons (Fsp3) is 0.105. The van der Waals surface area contributed by atoms with Crippen molar-refractivity contribution in [2.45, 2.75) is 12.4 Å². The molecule has 9 nitrogen and oxygen atoms in total. The number of hydrogen-bond donors (Lipinski definition) is 2. The lowest BCUT2D eigenvalue weighted by Gasteiger charge is -2.14. The van der Waals surface area contributed by atoms with Gasteiger partial charge in [0.1, 0.15) is 11.4 Å². The van der Waals surface area contributed by atoms with Crippen LogP contribution in [0.2, 0.25) is 0 Å². The number of primary amides is 1. The van der Waals surface area contributed by atoms with Crippen LogP contribution in [0, 0.1) is 0 Å². The second kappa shape index (κ2) is 7.86. The van der Waals surface area contributed by atoms with Gasteiger partial charge in [0, 0.05) is 11.9 Å². The summed E-state index contributed by atoms with van der Waals surface area (Å²) in [5, 5.41) is 9.52. The van der Waals surface area contributed by atoms with Gasteiger partial charge in [-0.1, -0.05) is 0 Å². The van der Waals surface area contributed by atoms with E-state index in [2.05, 4.69) is 15.2 Å². The van der Waals surface area contributed by atoms with Crippen molar-refractivity contribution in [3.05, 3.63) is 71.6 Å². The minimum absolute atomic E-state index is 0.0285. The Morgan fingerprint density at radius 1 is 0.941 bits per heavy atom. The maximum Gasteiger partial charge on any atom is 0.434 e. The van der Waals surface area contributed by atoms with Gasteiger partial charge in [-0.25, -0.2) is 9.20 Å². The first-order valence-corrected chi connectivity index (χ1v) is 9.14. The maximum absolute atomic E-state index is 14.0. The molecule has 4 rings (SSSR count). The van der Waals surface area contributed by atoms with Crippen molar-refractivity contribution < 1.29 is 35.9 Å². The van der Waals surface area contributed by atoms with Crippen LogP contribution in [0.3, 0.4) is 0 Å². The number of carbonyl (C=O) groups is 2. The number of carbonyl (C=O) groups excluding carboxylic acids is 2. The number of amides is 2. The molecule has 0 spiro atoms. The average molecular weight is 483 g/mol. The van der Waals surface area contributed by atoms with E-state index in [1.165, 1.54) is 12.3 Å². The van der Waals surface area contributed by atoms with E-state index in [1.54, 1.807) is 0 Å². The molecule has 176 valence electrons. The van der Waals surface area contributed by atoms with Gasteiger partial charge in [-0.15, -0.1) is 0 Å². The number of halogens is 6. The summed E-state index contributed by atoms with van der Waals surface area (Å²) < 4.78 is 81.9. The minimum atomic E-state index is -5.10. The quantitative estimate of drug-likeness (QED) is 0.432. The fourth-order valence-electron chi connectivity index (χ4n) is 3.20. The Kier molecular flexibility index (Phi) is 5.26. The van der Waals surface area contributed by atoms with Crippen molar-refractivity contribution in [1.29, 1.82) is 0 Å². The standard InChI is InChI=1S/C19H11F6N7O2/c20-18(21,22)14-7-9(3-5-27-14)30-17(34)10-8-29-32(15(10)19(23,24)25)11-1-2-13(16(26)33)31-12(11)4-6-28-31/h1-8H,(H2,26,33)(H,27,30,34). The highest BCUT2D eigenvalue weighted by Crippen LogP contribution is 2.35. The number of fused-ring (bicyclic) bond motifs is 1. The smallest absolute Gasteiger partial charge is 0.364 e. The third-order valence-electron chi connectivity index (χ3n) is 4.60. The molecule has 3 N–H and O–H groups in total. The zero-order chi connectivity index (χ0) is 24.8. The number of nitrogens with two attached hydrogens (primary N) is 1. The number of aromatic nitrogens is 5. The highest BCUT2D eigenvalue weighted by atomic mass is 19.4. The normalized spacial score (nSPS) is 12.2. The molecule has 2 amide bonds. The lowest BCUT2D eigenvalue weighted by molar-refractivity contribution is -0.143. The molecule has 0 aromatic carbocycles. The van der Waals surface area contributed by atoms with Crippen molar-refractivity contribution >= 4 is 23.0 Å². The fourth-order valence-corrected chi connectivity index (χ4v) is 3.20. The van der Waals surface area contributed by atoms with E-state index >= 15 is 0 Å². The summed E-state index contributed by atoms with van der Waals surface area (Å²) >= 11 is 0. The number of alkyl halides is 6. The van der Waals surface area contributed by atoms with E-state index in [9.17, 15) is 35.9 Å². The van der Waals surface area contributed by atoms with Crippen molar-refractivity contribution in [3.63, 3.8) is 0 Å². The van der Waals surface area contributed by atoms with Crippen LogP contribution in [0.5, 0.6) is 0 Å². The third-order valence-corrected chi connectivity index (χ3v) is 4.60. The van der Waals surface area contributed by atoms with Crippen molar-refractivity contribution in [2.24, 2.45) is 5.73 Å². The van der Waals surface area contributed by atoms with Crippen molar-refractivity contribution in [3.8, 4) is 5.69 Å². The Hall–Kier alpha value is -4.43. The number of nitrogens with one attached hydrogen (secondary N) is 1. The summed E-state index contributed by atoms with van der Waals surface area (Å²) in [7, 11) is 0. The van der Waals surface area contributed by atoms with Crippen LogP contribution in [-0.4, -0.2) is 36.2 Å². The minimum Gasteiger partial charge on any atom is -0.364 e. The van der Waals surface area contributed by atoms with Gasteiger partial charge in [0.2, 0.25) is 0 Å². The predicted octanol–water partition coefficient (Wildman–Crippen LogP) is 3.30. The van der Waals surface area contributed by atoms with Crippen LogP contribution in [0.1, 0.15) is 32.2 Å². The largest absolute Gasteiger partial charge is 0.434 e. The van der Waals surface area contributed by atoms with Gasteiger partial charge < -0.3 is 11.1 Å². The van der Waals surface area contributed by atoms with Crippen LogP contribution in [0.4, 0.5) is 32.0 Å². The Morgan fingerprint density at radius 2 is 1.68 bits per heavy atom. The van der Waals surface area contributed by atoms with Gasteiger partial charge in [-0.05, 0) is 30.3 Å². The Balaban J connectivity index is 1.80. The molecule has 0 radical (unpaired) electrons. The monoisotopic (exact) mass is 483 g/mol. The number of rotatable bonds is 4. The molecule has 0 fully saturated rings. The summed E-state index contributed by atoms with van der Waals surface area (Å²) in [6, 6.07) is 5.05. The summed E-state index contributed by atoms with van der Waals surface area (Å²) in [5.41, 5.74) is 0.784. The molecule has 4 aromatic rings. The average Bonchev–Trinajstić information content (AvgIpc) is 3.40. The van der Waals surface area contributed by atoms with E-state index in [0.29, 0.717) is 16.9 Å². The molecule has 15 heteroatoms. The van der Waals surface area contributed by atoms with Gasteiger partial charge in [0.05, 0.1) is 29.2 Å². The summed E-state index contributed by atoms with van der Waals surface area (Å²) in [6.45, 7) is 0. The van der Waals surface area contributed by atoms with E-state index in [0.717, 1.165) is 28.9 Å². The number of anilines is 1.